The number of hydrogen-bond donors (Lipinski definition) is 0. The zero-order valence-electron chi connectivity index (χ0n) is 20.8. The predicted octanol–water partition coefficient (Wildman–Crippen LogP) is 5.61. The van der Waals surface area contributed by atoms with Gasteiger partial charge in [0.05, 0.1) is 0 Å². The summed E-state index contributed by atoms with van der Waals surface area (Å²) in [5.74, 6) is -0.542. The molecule has 0 fully saturated rings. The Hall–Kier alpha value is -4.41. The van der Waals surface area contributed by atoms with Gasteiger partial charge in [-0.1, -0.05) is 65.7 Å². The normalized spacial score (nSPS) is 11.8. The molecule has 39 heavy (non-hydrogen) atoms. The van der Waals surface area contributed by atoms with Crippen molar-refractivity contribution in [3.05, 3.63) is 118 Å². The fraction of sp³-hybridized carbons (Fsp3) is 0.0690. The van der Waals surface area contributed by atoms with Crippen LogP contribution in [0.25, 0.3) is 22.3 Å². The van der Waals surface area contributed by atoms with Gasteiger partial charge in [-0.05, 0) is 38.1 Å². The van der Waals surface area contributed by atoms with Gasteiger partial charge in [-0.3, -0.25) is 4.79 Å². The monoisotopic (exact) mass is 562 g/mol. The van der Waals surface area contributed by atoms with Crippen molar-refractivity contribution in [1.82, 2.24) is 0 Å². The summed E-state index contributed by atoms with van der Waals surface area (Å²) in [7, 11) is -8.72. The maximum Gasteiger partial charge on any atom is 0.339 e. The van der Waals surface area contributed by atoms with Crippen molar-refractivity contribution in [1.29, 1.82) is 0 Å². The minimum Gasteiger partial charge on any atom is -0.456 e. The van der Waals surface area contributed by atoms with Crippen LogP contribution in [0.15, 0.2) is 116 Å². The highest BCUT2D eigenvalue weighted by molar-refractivity contribution is 7.87. The molecule has 10 heteroatoms. The van der Waals surface area contributed by atoms with Gasteiger partial charge in [0, 0.05) is 23.8 Å². The van der Waals surface area contributed by atoms with Crippen molar-refractivity contribution in [3.8, 4) is 22.8 Å². The standard InChI is InChI=1S/C29H22O8S2/c1-19-8-12-23(13-9-19)38(31,32)36-22-16-27-29(25(30)18-26(35-27)21-6-4-3-5-7-21)28(17-22)37-39(33,34)24-14-10-20(2)11-15-24/h3-18H,1-2H3. The fourth-order valence-electron chi connectivity index (χ4n) is 3.84. The second-order valence-corrected chi connectivity index (χ2v) is 11.9. The van der Waals surface area contributed by atoms with Gasteiger partial charge in [-0.25, -0.2) is 0 Å². The molecule has 198 valence electrons. The maximum absolute atomic E-state index is 13.2. The second-order valence-electron chi connectivity index (χ2n) is 8.84. The molecule has 0 atom stereocenters. The van der Waals surface area contributed by atoms with E-state index in [1.54, 1.807) is 61.5 Å². The van der Waals surface area contributed by atoms with Crippen molar-refractivity contribution in [2.24, 2.45) is 0 Å². The Balaban J connectivity index is 1.67. The van der Waals surface area contributed by atoms with Crippen LogP contribution in [0.2, 0.25) is 0 Å². The second kappa shape index (κ2) is 10.0. The zero-order chi connectivity index (χ0) is 27.8. The molecule has 0 aliphatic rings. The van der Waals surface area contributed by atoms with Crippen molar-refractivity contribution in [2.75, 3.05) is 0 Å². The minimum atomic E-state index is -4.40. The van der Waals surface area contributed by atoms with E-state index in [1.165, 1.54) is 36.4 Å². The number of fused-ring (bicyclic) bond motifs is 1. The van der Waals surface area contributed by atoms with Crippen LogP contribution in [-0.2, 0) is 20.2 Å². The lowest BCUT2D eigenvalue weighted by Crippen LogP contribution is -2.13. The SMILES string of the molecule is Cc1ccc(S(=O)(=O)Oc2cc(OS(=O)(=O)c3ccc(C)cc3)c3c(=O)cc(-c4ccccc4)oc3c2)cc1. The molecule has 0 unspecified atom stereocenters. The van der Waals surface area contributed by atoms with Gasteiger partial charge in [-0.2, -0.15) is 16.8 Å². The first-order valence-electron chi connectivity index (χ1n) is 11.7. The average Bonchev–Trinajstić information content (AvgIpc) is 2.89. The fourth-order valence-corrected chi connectivity index (χ4v) is 5.69. The molecule has 1 heterocycles. The lowest BCUT2D eigenvalue weighted by atomic mass is 10.1. The Morgan fingerprint density at radius 2 is 1.18 bits per heavy atom. The van der Waals surface area contributed by atoms with Crippen LogP contribution in [0.3, 0.4) is 0 Å². The van der Waals surface area contributed by atoms with E-state index in [-0.39, 0.29) is 32.3 Å². The van der Waals surface area contributed by atoms with E-state index in [9.17, 15) is 21.6 Å². The van der Waals surface area contributed by atoms with Gasteiger partial charge in [-0.15, -0.1) is 0 Å². The molecule has 0 aliphatic carbocycles. The van der Waals surface area contributed by atoms with E-state index in [2.05, 4.69) is 0 Å². The first-order chi connectivity index (χ1) is 18.5. The molecule has 5 aromatic rings. The molecule has 0 spiro atoms. The van der Waals surface area contributed by atoms with E-state index in [4.69, 9.17) is 12.8 Å². The third-order valence-electron chi connectivity index (χ3n) is 5.85. The Bertz CT molecular complexity index is 1940. The van der Waals surface area contributed by atoms with Crippen molar-refractivity contribution in [2.45, 2.75) is 23.6 Å². The summed E-state index contributed by atoms with van der Waals surface area (Å²) in [5.41, 5.74) is 1.58. The number of hydrogen-bond acceptors (Lipinski definition) is 8. The average molecular weight is 563 g/mol. The van der Waals surface area contributed by atoms with E-state index in [0.717, 1.165) is 17.2 Å². The summed E-state index contributed by atoms with van der Waals surface area (Å²) in [5, 5.41) is -0.189. The summed E-state index contributed by atoms with van der Waals surface area (Å²) in [6.45, 7) is 3.61. The van der Waals surface area contributed by atoms with Crippen molar-refractivity contribution >= 4 is 31.2 Å². The summed E-state index contributed by atoms with van der Waals surface area (Å²) in [6, 6.07) is 24.2. The molecule has 0 amide bonds. The zero-order valence-corrected chi connectivity index (χ0v) is 22.5. The molecule has 0 N–H and O–H groups in total. The first kappa shape index (κ1) is 26.2. The van der Waals surface area contributed by atoms with Gasteiger partial charge in [0.15, 0.2) is 16.9 Å². The highest BCUT2D eigenvalue weighted by atomic mass is 32.2. The minimum absolute atomic E-state index is 0.109. The highest BCUT2D eigenvalue weighted by Crippen LogP contribution is 2.35. The molecule has 0 bridgehead atoms. The highest BCUT2D eigenvalue weighted by Gasteiger charge is 2.24. The lowest BCUT2D eigenvalue weighted by Gasteiger charge is -2.13. The Morgan fingerprint density at radius 1 is 0.641 bits per heavy atom. The summed E-state index contributed by atoms with van der Waals surface area (Å²) < 4.78 is 68.8. The molecule has 1 aromatic heterocycles. The van der Waals surface area contributed by atoms with E-state index >= 15 is 0 Å². The third-order valence-corrected chi connectivity index (χ3v) is 8.36. The molecule has 0 saturated carbocycles. The van der Waals surface area contributed by atoms with Gasteiger partial charge in [0.1, 0.15) is 26.5 Å². The molecular weight excluding hydrogens is 540 g/mol. The number of rotatable bonds is 7. The molecule has 0 saturated heterocycles. The third kappa shape index (κ3) is 5.57. The number of aryl methyl sites for hydroxylation is 2. The molecule has 0 aliphatic heterocycles. The van der Waals surface area contributed by atoms with E-state index in [1.807, 2.05) is 6.92 Å². The van der Waals surface area contributed by atoms with Crippen LogP contribution in [0.4, 0.5) is 0 Å². The van der Waals surface area contributed by atoms with E-state index < -0.39 is 31.4 Å². The van der Waals surface area contributed by atoms with Crippen LogP contribution in [0, 0.1) is 13.8 Å². The Morgan fingerprint density at radius 3 is 1.74 bits per heavy atom. The van der Waals surface area contributed by atoms with Gasteiger partial charge in [0.25, 0.3) is 0 Å². The van der Waals surface area contributed by atoms with Crippen LogP contribution in [-0.4, -0.2) is 16.8 Å². The summed E-state index contributed by atoms with van der Waals surface area (Å²) in [4.78, 5) is 13.0. The molecule has 4 aromatic carbocycles. The largest absolute Gasteiger partial charge is 0.456 e. The first-order valence-corrected chi connectivity index (χ1v) is 14.5. The molecule has 8 nitrogen and oxygen atoms in total. The maximum atomic E-state index is 13.2. The summed E-state index contributed by atoms with van der Waals surface area (Å²) >= 11 is 0. The number of benzene rings is 4. The Labute approximate surface area is 225 Å². The van der Waals surface area contributed by atoms with Crippen LogP contribution >= 0.6 is 0 Å². The Kier molecular flexibility index (Phi) is 6.75. The van der Waals surface area contributed by atoms with Crippen molar-refractivity contribution in [3.63, 3.8) is 0 Å². The van der Waals surface area contributed by atoms with Gasteiger partial charge >= 0.3 is 20.2 Å². The van der Waals surface area contributed by atoms with Crippen molar-refractivity contribution < 1.29 is 29.6 Å². The molecular formula is C29H22O8S2. The van der Waals surface area contributed by atoms with Crippen LogP contribution < -0.4 is 13.8 Å². The van der Waals surface area contributed by atoms with Crippen LogP contribution in [0.5, 0.6) is 11.5 Å². The van der Waals surface area contributed by atoms with Gasteiger partial charge < -0.3 is 12.8 Å². The predicted molar refractivity (Wildman–Crippen MR) is 146 cm³/mol. The van der Waals surface area contributed by atoms with Gasteiger partial charge in [0.2, 0.25) is 0 Å². The lowest BCUT2D eigenvalue weighted by molar-refractivity contribution is 0.477. The van der Waals surface area contributed by atoms with E-state index in [0.29, 0.717) is 5.56 Å². The smallest absolute Gasteiger partial charge is 0.339 e. The van der Waals surface area contributed by atoms with Crippen LogP contribution in [0.1, 0.15) is 11.1 Å². The summed E-state index contributed by atoms with van der Waals surface area (Å²) in [6.07, 6.45) is 0. The topological polar surface area (TPSA) is 117 Å². The molecule has 0 radical (unpaired) electrons. The molecule has 5 rings (SSSR count). The quantitative estimate of drug-likeness (QED) is 0.235.